The maximum absolute atomic E-state index is 5.90. The first-order valence-corrected chi connectivity index (χ1v) is 7.31. The van der Waals surface area contributed by atoms with Crippen LogP contribution in [0.1, 0.15) is 65.2 Å². The van der Waals surface area contributed by atoms with Gasteiger partial charge in [0, 0.05) is 12.6 Å². The van der Waals surface area contributed by atoms with Crippen molar-refractivity contribution < 1.29 is 4.74 Å². The Morgan fingerprint density at radius 2 is 1.76 bits per heavy atom. The predicted octanol–water partition coefficient (Wildman–Crippen LogP) is 2.82. The summed E-state index contributed by atoms with van der Waals surface area (Å²) in [4.78, 5) is 0. The minimum absolute atomic E-state index is 0.253. The number of ether oxygens (including phenoxy) is 1. The van der Waals surface area contributed by atoms with E-state index < -0.39 is 0 Å². The van der Waals surface area contributed by atoms with Gasteiger partial charge in [0.15, 0.2) is 0 Å². The summed E-state index contributed by atoms with van der Waals surface area (Å²) in [5, 5.41) is 0. The molecule has 3 heteroatoms. The average Bonchev–Trinajstić information content (AvgIpc) is 2.32. The van der Waals surface area contributed by atoms with E-state index in [9.17, 15) is 0 Å². The van der Waals surface area contributed by atoms with Crippen LogP contribution in [0.5, 0.6) is 0 Å². The first-order valence-electron chi connectivity index (χ1n) is 7.31. The lowest BCUT2D eigenvalue weighted by Gasteiger charge is -2.17. The third-order valence-electron chi connectivity index (χ3n) is 3.20. The molecule has 0 aromatic carbocycles. The summed E-state index contributed by atoms with van der Waals surface area (Å²) < 4.78 is 5.88. The molecule has 0 bridgehead atoms. The average molecular weight is 244 g/mol. The van der Waals surface area contributed by atoms with Crippen LogP contribution < -0.4 is 11.5 Å². The van der Waals surface area contributed by atoms with Crippen molar-refractivity contribution in [1.82, 2.24) is 0 Å². The zero-order valence-corrected chi connectivity index (χ0v) is 11.8. The Hall–Kier alpha value is -0.120. The summed E-state index contributed by atoms with van der Waals surface area (Å²) in [6, 6.07) is 0.253. The Labute approximate surface area is 107 Å². The second-order valence-corrected chi connectivity index (χ2v) is 4.88. The third kappa shape index (κ3) is 10.7. The van der Waals surface area contributed by atoms with Gasteiger partial charge in [0.2, 0.25) is 0 Å². The highest BCUT2D eigenvalue weighted by molar-refractivity contribution is 4.62. The Kier molecular flexibility index (Phi) is 12.3. The maximum atomic E-state index is 5.90. The lowest BCUT2D eigenvalue weighted by atomic mass is 10.1. The van der Waals surface area contributed by atoms with Crippen molar-refractivity contribution in [2.45, 2.75) is 77.4 Å². The highest BCUT2D eigenvalue weighted by Gasteiger charge is 2.06. The number of hydrogen-bond acceptors (Lipinski definition) is 3. The van der Waals surface area contributed by atoms with E-state index >= 15 is 0 Å². The van der Waals surface area contributed by atoms with Gasteiger partial charge in [0.1, 0.15) is 0 Å². The lowest BCUT2D eigenvalue weighted by Crippen LogP contribution is -2.24. The largest absolute Gasteiger partial charge is 0.378 e. The molecular weight excluding hydrogens is 212 g/mol. The molecule has 104 valence electrons. The van der Waals surface area contributed by atoms with Crippen LogP contribution in [-0.2, 0) is 4.74 Å². The quantitative estimate of drug-likeness (QED) is 0.519. The standard InChI is InChI=1S/C14H32N2O/c1-3-5-6-9-14(4-2)17-12-7-8-13(16)10-11-15/h13-14H,3-12,15-16H2,1-2H3. The summed E-state index contributed by atoms with van der Waals surface area (Å²) in [6.07, 6.45) is 9.69. The van der Waals surface area contributed by atoms with Crippen molar-refractivity contribution in [3.63, 3.8) is 0 Å². The first-order chi connectivity index (χ1) is 8.24. The molecule has 0 saturated heterocycles. The van der Waals surface area contributed by atoms with E-state index in [0.717, 1.165) is 32.3 Å². The summed E-state index contributed by atoms with van der Waals surface area (Å²) in [7, 11) is 0. The maximum Gasteiger partial charge on any atom is 0.0572 e. The molecule has 0 aromatic heterocycles. The molecule has 2 unspecified atom stereocenters. The van der Waals surface area contributed by atoms with Crippen LogP contribution in [0.15, 0.2) is 0 Å². The molecule has 0 fully saturated rings. The van der Waals surface area contributed by atoms with Crippen LogP contribution in [0.4, 0.5) is 0 Å². The smallest absolute Gasteiger partial charge is 0.0572 e. The zero-order valence-electron chi connectivity index (χ0n) is 11.8. The molecule has 0 rings (SSSR count). The van der Waals surface area contributed by atoms with Crippen LogP contribution in [-0.4, -0.2) is 25.3 Å². The van der Waals surface area contributed by atoms with E-state index in [1.165, 1.54) is 25.7 Å². The number of unbranched alkanes of at least 4 members (excludes halogenated alkanes) is 2. The van der Waals surface area contributed by atoms with Gasteiger partial charge in [-0.05, 0) is 38.6 Å². The van der Waals surface area contributed by atoms with Crippen molar-refractivity contribution in [2.24, 2.45) is 11.5 Å². The highest BCUT2D eigenvalue weighted by atomic mass is 16.5. The van der Waals surface area contributed by atoms with Gasteiger partial charge in [-0.25, -0.2) is 0 Å². The summed E-state index contributed by atoms with van der Waals surface area (Å²) in [5.41, 5.74) is 11.4. The number of rotatable bonds is 12. The fourth-order valence-electron chi connectivity index (χ4n) is 1.98. The van der Waals surface area contributed by atoms with E-state index in [-0.39, 0.29) is 6.04 Å². The fourth-order valence-corrected chi connectivity index (χ4v) is 1.98. The van der Waals surface area contributed by atoms with Crippen molar-refractivity contribution in [3.8, 4) is 0 Å². The van der Waals surface area contributed by atoms with Crippen molar-refractivity contribution in [2.75, 3.05) is 13.2 Å². The Bertz CT molecular complexity index is 153. The van der Waals surface area contributed by atoms with Gasteiger partial charge in [-0.3, -0.25) is 0 Å². The first kappa shape index (κ1) is 16.9. The SMILES string of the molecule is CCCCCC(CC)OCCCC(N)CCN. The van der Waals surface area contributed by atoms with E-state index in [1.807, 2.05) is 0 Å². The normalized spacial score (nSPS) is 14.8. The van der Waals surface area contributed by atoms with E-state index in [0.29, 0.717) is 12.6 Å². The lowest BCUT2D eigenvalue weighted by molar-refractivity contribution is 0.0402. The molecule has 0 saturated carbocycles. The Balaban J connectivity index is 3.42. The minimum Gasteiger partial charge on any atom is -0.378 e. The summed E-state index contributed by atoms with van der Waals surface area (Å²) >= 11 is 0. The van der Waals surface area contributed by atoms with E-state index in [2.05, 4.69) is 13.8 Å². The van der Waals surface area contributed by atoms with Gasteiger partial charge in [0.25, 0.3) is 0 Å². The van der Waals surface area contributed by atoms with Gasteiger partial charge < -0.3 is 16.2 Å². The third-order valence-corrected chi connectivity index (χ3v) is 3.20. The number of hydrogen-bond donors (Lipinski definition) is 2. The summed E-state index contributed by atoms with van der Waals surface area (Å²) in [5.74, 6) is 0. The second kappa shape index (κ2) is 12.3. The zero-order chi connectivity index (χ0) is 12.9. The van der Waals surface area contributed by atoms with Crippen LogP contribution in [0.2, 0.25) is 0 Å². The van der Waals surface area contributed by atoms with Gasteiger partial charge in [-0.1, -0.05) is 33.1 Å². The van der Waals surface area contributed by atoms with Gasteiger partial charge in [-0.2, -0.15) is 0 Å². The van der Waals surface area contributed by atoms with Crippen molar-refractivity contribution >= 4 is 0 Å². The Morgan fingerprint density at radius 3 is 2.35 bits per heavy atom. The summed E-state index contributed by atoms with van der Waals surface area (Å²) in [6.45, 7) is 5.98. The van der Waals surface area contributed by atoms with E-state index in [4.69, 9.17) is 16.2 Å². The molecule has 0 amide bonds. The molecule has 0 aliphatic heterocycles. The molecule has 2 atom stereocenters. The highest BCUT2D eigenvalue weighted by Crippen LogP contribution is 2.11. The van der Waals surface area contributed by atoms with Crippen LogP contribution >= 0.6 is 0 Å². The second-order valence-electron chi connectivity index (χ2n) is 4.88. The molecular formula is C14H32N2O. The van der Waals surface area contributed by atoms with Gasteiger partial charge in [0.05, 0.1) is 6.10 Å². The molecule has 0 spiro atoms. The molecule has 0 aliphatic rings. The van der Waals surface area contributed by atoms with Gasteiger partial charge >= 0.3 is 0 Å². The monoisotopic (exact) mass is 244 g/mol. The molecule has 0 radical (unpaired) electrons. The molecule has 3 nitrogen and oxygen atoms in total. The molecule has 0 aliphatic carbocycles. The minimum atomic E-state index is 0.253. The molecule has 4 N–H and O–H groups in total. The predicted molar refractivity (Wildman–Crippen MR) is 75.1 cm³/mol. The molecule has 17 heavy (non-hydrogen) atoms. The van der Waals surface area contributed by atoms with E-state index in [1.54, 1.807) is 0 Å². The van der Waals surface area contributed by atoms with Crippen LogP contribution in [0.25, 0.3) is 0 Å². The van der Waals surface area contributed by atoms with Crippen molar-refractivity contribution in [3.05, 3.63) is 0 Å². The molecule has 0 heterocycles. The van der Waals surface area contributed by atoms with Crippen LogP contribution in [0.3, 0.4) is 0 Å². The fraction of sp³-hybridized carbons (Fsp3) is 1.00. The van der Waals surface area contributed by atoms with Crippen molar-refractivity contribution in [1.29, 1.82) is 0 Å². The topological polar surface area (TPSA) is 61.3 Å². The van der Waals surface area contributed by atoms with Gasteiger partial charge in [-0.15, -0.1) is 0 Å². The molecule has 0 aromatic rings. The van der Waals surface area contributed by atoms with Crippen LogP contribution in [0, 0.1) is 0 Å². The Morgan fingerprint density at radius 1 is 1.00 bits per heavy atom. The number of nitrogens with two attached hydrogens (primary N) is 2.